The second kappa shape index (κ2) is 10.0. The quantitative estimate of drug-likeness (QED) is 0.728. The number of halogens is 2. The van der Waals surface area contributed by atoms with Crippen molar-refractivity contribution in [3.63, 3.8) is 0 Å². The largest absolute Gasteiger partial charge is 0.343 e. The van der Waals surface area contributed by atoms with E-state index in [0.29, 0.717) is 27.6 Å². The van der Waals surface area contributed by atoms with E-state index < -0.39 is 0 Å². The van der Waals surface area contributed by atoms with Crippen molar-refractivity contribution in [2.24, 2.45) is 0 Å². The zero-order valence-electron chi connectivity index (χ0n) is 17.4. The lowest BCUT2D eigenvalue weighted by Crippen LogP contribution is -2.44. The van der Waals surface area contributed by atoms with Gasteiger partial charge in [0.05, 0.1) is 16.6 Å². The van der Waals surface area contributed by atoms with Gasteiger partial charge >= 0.3 is 0 Å². The van der Waals surface area contributed by atoms with Crippen LogP contribution in [0.4, 0.5) is 0 Å². The zero-order valence-corrected chi connectivity index (χ0v) is 18.9. The third-order valence-corrected chi connectivity index (χ3v) is 7.15. The van der Waals surface area contributed by atoms with Crippen LogP contribution in [0.3, 0.4) is 0 Å². The summed E-state index contributed by atoms with van der Waals surface area (Å²) in [4.78, 5) is 29.3. The molecule has 31 heavy (non-hydrogen) atoms. The van der Waals surface area contributed by atoms with Crippen molar-refractivity contribution in [1.29, 1.82) is 0 Å². The summed E-state index contributed by atoms with van der Waals surface area (Å²) < 4.78 is 0. The standard InChI is InChI=1S/C24H27Cl2N3O2/c25-21-7-6-19(14-22(21)26)24(31)27-15-23(30)29-13-10-20(16-29)28-11-8-18(9-12-28)17-4-2-1-3-5-17/h1-7,14,18,20H,8-13,15-16H2,(H,27,31)/t20-/m0/s1. The van der Waals surface area contributed by atoms with E-state index in [1.807, 2.05) is 4.90 Å². The van der Waals surface area contributed by atoms with Gasteiger partial charge in [-0.05, 0) is 62.0 Å². The van der Waals surface area contributed by atoms with Gasteiger partial charge in [-0.2, -0.15) is 0 Å². The number of amides is 2. The minimum absolute atomic E-state index is 0.0120. The van der Waals surface area contributed by atoms with Gasteiger partial charge in [-0.1, -0.05) is 53.5 Å². The summed E-state index contributed by atoms with van der Waals surface area (Å²) in [6.07, 6.45) is 3.31. The molecular weight excluding hydrogens is 433 g/mol. The summed E-state index contributed by atoms with van der Waals surface area (Å²) in [6.45, 7) is 3.60. The number of nitrogens with one attached hydrogen (secondary N) is 1. The summed E-state index contributed by atoms with van der Waals surface area (Å²) >= 11 is 11.9. The second-order valence-electron chi connectivity index (χ2n) is 8.31. The fraction of sp³-hybridized carbons (Fsp3) is 0.417. The minimum Gasteiger partial charge on any atom is -0.343 e. The van der Waals surface area contributed by atoms with Gasteiger partial charge < -0.3 is 10.2 Å². The van der Waals surface area contributed by atoms with Crippen LogP contribution in [-0.2, 0) is 4.79 Å². The molecule has 0 saturated carbocycles. The van der Waals surface area contributed by atoms with Gasteiger partial charge in [0.15, 0.2) is 0 Å². The first-order valence-corrected chi connectivity index (χ1v) is 11.6. The second-order valence-corrected chi connectivity index (χ2v) is 9.13. The molecule has 1 N–H and O–H groups in total. The van der Waals surface area contributed by atoms with Crippen LogP contribution in [0, 0.1) is 0 Å². The van der Waals surface area contributed by atoms with E-state index in [9.17, 15) is 9.59 Å². The number of carbonyl (C=O) groups is 2. The van der Waals surface area contributed by atoms with Crippen LogP contribution in [0.2, 0.25) is 10.0 Å². The summed E-state index contributed by atoms with van der Waals surface area (Å²) in [5.41, 5.74) is 1.82. The van der Waals surface area contributed by atoms with Crippen molar-refractivity contribution in [3.8, 4) is 0 Å². The third kappa shape index (κ3) is 5.40. The van der Waals surface area contributed by atoms with Gasteiger partial charge in [0.25, 0.3) is 5.91 Å². The molecule has 0 aliphatic carbocycles. The van der Waals surface area contributed by atoms with Gasteiger partial charge in [-0.15, -0.1) is 0 Å². The van der Waals surface area contributed by atoms with E-state index >= 15 is 0 Å². The summed E-state index contributed by atoms with van der Waals surface area (Å²) in [6, 6.07) is 15.8. The van der Waals surface area contributed by atoms with Crippen LogP contribution in [0.5, 0.6) is 0 Å². The molecule has 0 radical (unpaired) electrons. The van der Waals surface area contributed by atoms with Gasteiger partial charge in [-0.3, -0.25) is 14.5 Å². The highest BCUT2D eigenvalue weighted by Gasteiger charge is 2.32. The lowest BCUT2D eigenvalue weighted by atomic mass is 9.89. The summed E-state index contributed by atoms with van der Waals surface area (Å²) in [5, 5.41) is 3.41. The summed E-state index contributed by atoms with van der Waals surface area (Å²) in [7, 11) is 0. The molecule has 2 aromatic rings. The number of piperidine rings is 1. The van der Waals surface area contributed by atoms with Crippen molar-refractivity contribution >= 4 is 35.0 Å². The molecule has 2 aliphatic rings. The summed E-state index contributed by atoms with van der Waals surface area (Å²) in [5.74, 6) is 0.258. The smallest absolute Gasteiger partial charge is 0.251 e. The number of carbonyl (C=O) groups excluding carboxylic acids is 2. The molecule has 2 aliphatic heterocycles. The predicted molar refractivity (Wildman–Crippen MR) is 124 cm³/mol. The molecule has 4 rings (SSSR count). The number of benzene rings is 2. The SMILES string of the molecule is O=C(NCC(=O)N1CC[C@H](N2CCC(c3ccccc3)CC2)C1)c1ccc(Cl)c(Cl)c1. The zero-order chi connectivity index (χ0) is 21.8. The Labute approximate surface area is 193 Å². The fourth-order valence-corrected chi connectivity index (χ4v) is 4.89. The molecule has 2 amide bonds. The molecule has 2 saturated heterocycles. The molecule has 5 nitrogen and oxygen atoms in total. The van der Waals surface area contributed by atoms with Gasteiger partial charge in [0.2, 0.25) is 5.91 Å². The number of nitrogens with zero attached hydrogens (tertiary/aromatic N) is 2. The van der Waals surface area contributed by atoms with Crippen LogP contribution < -0.4 is 5.32 Å². The predicted octanol–water partition coefficient (Wildman–Crippen LogP) is 4.20. The van der Waals surface area contributed by atoms with Crippen molar-refractivity contribution in [3.05, 3.63) is 69.7 Å². The van der Waals surface area contributed by atoms with Crippen LogP contribution in [-0.4, -0.2) is 60.4 Å². The van der Waals surface area contributed by atoms with Crippen molar-refractivity contribution in [1.82, 2.24) is 15.1 Å². The van der Waals surface area contributed by atoms with E-state index in [-0.39, 0.29) is 18.4 Å². The van der Waals surface area contributed by atoms with Crippen molar-refractivity contribution in [2.45, 2.75) is 31.2 Å². The van der Waals surface area contributed by atoms with E-state index in [1.165, 1.54) is 11.6 Å². The van der Waals surface area contributed by atoms with Gasteiger partial charge in [-0.25, -0.2) is 0 Å². The Morgan fingerprint density at radius 3 is 2.39 bits per heavy atom. The highest BCUT2D eigenvalue weighted by atomic mass is 35.5. The maximum Gasteiger partial charge on any atom is 0.251 e. The highest BCUT2D eigenvalue weighted by molar-refractivity contribution is 6.42. The van der Waals surface area contributed by atoms with Crippen molar-refractivity contribution in [2.75, 3.05) is 32.7 Å². The maximum absolute atomic E-state index is 12.6. The molecule has 2 fully saturated rings. The first-order chi connectivity index (χ1) is 15.0. The van der Waals surface area contributed by atoms with Crippen LogP contribution in [0.25, 0.3) is 0 Å². The number of hydrogen-bond acceptors (Lipinski definition) is 3. The Morgan fingerprint density at radius 1 is 0.935 bits per heavy atom. The lowest BCUT2D eigenvalue weighted by Gasteiger charge is -2.36. The van der Waals surface area contributed by atoms with E-state index in [2.05, 4.69) is 40.5 Å². The molecule has 0 spiro atoms. The Balaban J connectivity index is 1.23. The Hall–Kier alpha value is -2.08. The Kier molecular flexibility index (Phi) is 7.16. The molecule has 1 atom stereocenters. The average molecular weight is 460 g/mol. The molecule has 2 aromatic carbocycles. The normalized spacial score (nSPS) is 20.1. The topological polar surface area (TPSA) is 52.7 Å². The van der Waals surface area contributed by atoms with Crippen LogP contribution >= 0.6 is 23.2 Å². The first kappa shape index (κ1) is 22.1. The van der Waals surface area contributed by atoms with Crippen LogP contribution in [0.1, 0.15) is 41.1 Å². The number of rotatable bonds is 5. The van der Waals surface area contributed by atoms with E-state index in [0.717, 1.165) is 45.4 Å². The van der Waals surface area contributed by atoms with Crippen LogP contribution in [0.15, 0.2) is 48.5 Å². The first-order valence-electron chi connectivity index (χ1n) is 10.8. The van der Waals surface area contributed by atoms with Gasteiger partial charge in [0, 0.05) is 24.7 Å². The lowest BCUT2D eigenvalue weighted by molar-refractivity contribution is -0.129. The number of likely N-dealkylation sites (tertiary alicyclic amines) is 2. The molecular formula is C24H27Cl2N3O2. The third-order valence-electron chi connectivity index (χ3n) is 6.41. The molecule has 0 aromatic heterocycles. The minimum atomic E-state index is -0.328. The molecule has 7 heteroatoms. The Bertz CT molecular complexity index is 930. The fourth-order valence-electron chi connectivity index (χ4n) is 4.60. The van der Waals surface area contributed by atoms with E-state index in [1.54, 1.807) is 12.1 Å². The molecule has 164 valence electrons. The maximum atomic E-state index is 12.6. The van der Waals surface area contributed by atoms with Gasteiger partial charge in [0.1, 0.15) is 0 Å². The monoisotopic (exact) mass is 459 g/mol. The Morgan fingerprint density at radius 2 is 1.68 bits per heavy atom. The molecule has 0 unspecified atom stereocenters. The highest BCUT2D eigenvalue weighted by Crippen LogP contribution is 2.30. The van der Waals surface area contributed by atoms with E-state index in [4.69, 9.17) is 23.2 Å². The average Bonchev–Trinajstić information content (AvgIpc) is 3.30. The van der Waals surface area contributed by atoms with Crippen molar-refractivity contribution < 1.29 is 9.59 Å². The molecule has 2 heterocycles. The number of hydrogen-bond donors (Lipinski definition) is 1. The molecule has 0 bridgehead atoms.